The molecule has 0 saturated carbocycles. The smallest absolute Gasteiger partial charge is 0.251 e. The van der Waals surface area contributed by atoms with Crippen LogP contribution in [-0.4, -0.2) is 35.0 Å². The first-order valence-corrected chi connectivity index (χ1v) is 9.73. The Balaban J connectivity index is 2.15. The van der Waals surface area contributed by atoms with Crippen LogP contribution in [0.5, 0.6) is 5.75 Å². The summed E-state index contributed by atoms with van der Waals surface area (Å²) in [6.45, 7) is 3.93. The number of methoxy groups -OCH3 is 1. The number of nitrogens with one attached hydrogen (secondary N) is 2. The highest BCUT2D eigenvalue weighted by Crippen LogP contribution is 2.21. The summed E-state index contributed by atoms with van der Waals surface area (Å²) in [6.07, 6.45) is 0.613. The quantitative estimate of drug-likeness (QED) is 0.776. The summed E-state index contributed by atoms with van der Waals surface area (Å²) in [5.41, 5.74) is 2.69. The molecule has 2 aromatic carbocycles. The highest BCUT2D eigenvalue weighted by molar-refractivity contribution is 7.89. The SMILES string of the molecule is CNS(=O)(=O)c1cc(C(=O)NCCc2ccccc2OC)cc(C)c1C. The fourth-order valence-electron chi connectivity index (χ4n) is 2.67. The second kappa shape index (κ2) is 8.33. The Labute approximate surface area is 154 Å². The minimum atomic E-state index is -3.63. The molecule has 7 heteroatoms. The molecule has 0 aliphatic carbocycles. The lowest BCUT2D eigenvalue weighted by molar-refractivity contribution is 0.0953. The zero-order chi connectivity index (χ0) is 19.3. The summed E-state index contributed by atoms with van der Waals surface area (Å²) in [4.78, 5) is 12.6. The molecule has 1 amide bonds. The maximum Gasteiger partial charge on any atom is 0.251 e. The van der Waals surface area contributed by atoms with Crippen LogP contribution >= 0.6 is 0 Å². The van der Waals surface area contributed by atoms with Crippen molar-refractivity contribution >= 4 is 15.9 Å². The van der Waals surface area contributed by atoms with Gasteiger partial charge in [-0.25, -0.2) is 13.1 Å². The molecule has 0 spiro atoms. The fraction of sp³-hybridized carbons (Fsp3) is 0.316. The van der Waals surface area contributed by atoms with Crippen LogP contribution in [0, 0.1) is 13.8 Å². The monoisotopic (exact) mass is 376 g/mol. The Morgan fingerprint density at radius 2 is 1.85 bits per heavy atom. The largest absolute Gasteiger partial charge is 0.496 e. The number of benzene rings is 2. The molecule has 0 saturated heterocycles. The summed E-state index contributed by atoms with van der Waals surface area (Å²) in [5, 5.41) is 2.83. The standard InChI is InChI=1S/C19H24N2O4S/c1-13-11-16(12-18(14(13)2)26(23,24)20-3)19(22)21-10-9-15-7-5-6-8-17(15)25-4/h5-8,11-12,20H,9-10H2,1-4H3,(H,21,22). The molecule has 0 heterocycles. The van der Waals surface area contributed by atoms with E-state index in [-0.39, 0.29) is 10.8 Å². The molecule has 0 fully saturated rings. The molecule has 0 atom stereocenters. The van der Waals surface area contributed by atoms with E-state index in [9.17, 15) is 13.2 Å². The second-order valence-corrected chi connectivity index (χ2v) is 7.80. The molecule has 0 aromatic heterocycles. The van der Waals surface area contributed by atoms with Gasteiger partial charge in [-0.1, -0.05) is 18.2 Å². The first-order valence-electron chi connectivity index (χ1n) is 8.25. The van der Waals surface area contributed by atoms with Gasteiger partial charge in [0, 0.05) is 12.1 Å². The average molecular weight is 376 g/mol. The van der Waals surface area contributed by atoms with Crippen LogP contribution < -0.4 is 14.8 Å². The van der Waals surface area contributed by atoms with Gasteiger partial charge < -0.3 is 10.1 Å². The third-order valence-electron chi connectivity index (χ3n) is 4.31. The van der Waals surface area contributed by atoms with Crippen molar-refractivity contribution in [3.05, 3.63) is 58.7 Å². The van der Waals surface area contributed by atoms with Gasteiger partial charge in [-0.2, -0.15) is 0 Å². The molecule has 6 nitrogen and oxygen atoms in total. The Morgan fingerprint density at radius 1 is 1.15 bits per heavy atom. The number of hydrogen-bond acceptors (Lipinski definition) is 4. The third-order valence-corrected chi connectivity index (χ3v) is 5.85. The molecule has 0 unspecified atom stereocenters. The Bertz CT molecular complexity index is 908. The molecular weight excluding hydrogens is 352 g/mol. The highest BCUT2D eigenvalue weighted by Gasteiger charge is 2.19. The minimum absolute atomic E-state index is 0.120. The normalized spacial score (nSPS) is 11.2. The number of aryl methyl sites for hydroxylation is 1. The van der Waals surface area contributed by atoms with Gasteiger partial charge in [-0.15, -0.1) is 0 Å². The van der Waals surface area contributed by atoms with Crippen molar-refractivity contribution < 1.29 is 17.9 Å². The van der Waals surface area contributed by atoms with Gasteiger partial charge in [0.15, 0.2) is 0 Å². The summed E-state index contributed by atoms with van der Waals surface area (Å²) in [6, 6.07) is 10.7. The van der Waals surface area contributed by atoms with Gasteiger partial charge >= 0.3 is 0 Å². The molecule has 26 heavy (non-hydrogen) atoms. The summed E-state index contributed by atoms with van der Waals surface area (Å²) in [5.74, 6) is 0.464. The van der Waals surface area contributed by atoms with E-state index in [1.54, 1.807) is 27.0 Å². The zero-order valence-corrected chi connectivity index (χ0v) is 16.2. The lowest BCUT2D eigenvalue weighted by Gasteiger charge is -2.13. The number of amides is 1. The summed E-state index contributed by atoms with van der Waals surface area (Å²) in [7, 11) is -0.668. The fourth-order valence-corrected chi connectivity index (χ4v) is 3.74. The van der Waals surface area contributed by atoms with Crippen molar-refractivity contribution in [3.8, 4) is 5.75 Å². The molecule has 0 radical (unpaired) electrons. The van der Waals surface area contributed by atoms with E-state index < -0.39 is 10.0 Å². The van der Waals surface area contributed by atoms with Crippen molar-refractivity contribution in [2.75, 3.05) is 20.7 Å². The molecule has 0 bridgehead atoms. The lowest BCUT2D eigenvalue weighted by atomic mass is 10.1. The molecule has 0 aliphatic heterocycles. The number of rotatable bonds is 7. The van der Waals surface area contributed by atoms with E-state index >= 15 is 0 Å². The predicted molar refractivity (Wildman–Crippen MR) is 101 cm³/mol. The van der Waals surface area contributed by atoms with Gasteiger partial charge in [-0.05, 0) is 62.2 Å². The number of carbonyl (C=O) groups excluding carboxylic acids is 1. The minimum Gasteiger partial charge on any atom is -0.496 e. The van der Waals surface area contributed by atoms with Gasteiger partial charge in [0.25, 0.3) is 5.91 Å². The van der Waals surface area contributed by atoms with E-state index in [4.69, 9.17) is 4.74 Å². The number of sulfonamides is 1. The molecule has 0 aliphatic rings. The Morgan fingerprint density at radius 3 is 2.50 bits per heavy atom. The number of carbonyl (C=O) groups is 1. The molecule has 2 N–H and O–H groups in total. The summed E-state index contributed by atoms with van der Waals surface area (Å²) >= 11 is 0. The van der Waals surface area contributed by atoms with Crippen molar-refractivity contribution in [1.29, 1.82) is 0 Å². The van der Waals surface area contributed by atoms with Gasteiger partial charge in [-0.3, -0.25) is 4.79 Å². The first-order chi connectivity index (χ1) is 12.3. The number of ether oxygens (including phenoxy) is 1. The average Bonchev–Trinajstić information content (AvgIpc) is 2.63. The van der Waals surface area contributed by atoms with Crippen LogP contribution in [0.25, 0.3) is 0 Å². The van der Waals surface area contributed by atoms with Crippen LogP contribution in [0.3, 0.4) is 0 Å². The molecular formula is C19H24N2O4S. The Kier molecular flexibility index (Phi) is 6.39. The van der Waals surface area contributed by atoms with Crippen molar-refractivity contribution in [1.82, 2.24) is 10.0 Å². The van der Waals surface area contributed by atoms with E-state index in [1.165, 1.54) is 13.1 Å². The van der Waals surface area contributed by atoms with Gasteiger partial charge in [0.2, 0.25) is 10.0 Å². The van der Waals surface area contributed by atoms with Gasteiger partial charge in [0.05, 0.1) is 12.0 Å². The van der Waals surface area contributed by atoms with E-state index in [0.717, 1.165) is 16.9 Å². The van der Waals surface area contributed by atoms with Crippen molar-refractivity contribution in [3.63, 3.8) is 0 Å². The number of para-hydroxylation sites is 1. The zero-order valence-electron chi connectivity index (χ0n) is 15.4. The van der Waals surface area contributed by atoms with E-state index in [1.807, 2.05) is 24.3 Å². The van der Waals surface area contributed by atoms with Crippen LogP contribution in [0.1, 0.15) is 27.0 Å². The maximum atomic E-state index is 12.5. The predicted octanol–water partition coefficient (Wildman–Crippen LogP) is 2.19. The van der Waals surface area contributed by atoms with E-state index in [0.29, 0.717) is 24.1 Å². The van der Waals surface area contributed by atoms with Gasteiger partial charge in [0.1, 0.15) is 5.75 Å². The third kappa shape index (κ3) is 4.42. The molecule has 2 aromatic rings. The van der Waals surface area contributed by atoms with Crippen LogP contribution in [0.15, 0.2) is 41.3 Å². The highest BCUT2D eigenvalue weighted by atomic mass is 32.2. The number of hydrogen-bond donors (Lipinski definition) is 2. The van der Waals surface area contributed by atoms with Crippen molar-refractivity contribution in [2.24, 2.45) is 0 Å². The first kappa shape index (κ1) is 19.9. The topological polar surface area (TPSA) is 84.5 Å². The Hall–Kier alpha value is -2.38. The molecule has 2 rings (SSSR count). The van der Waals surface area contributed by atoms with Crippen LogP contribution in [-0.2, 0) is 16.4 Å². The van der Waals surface area contributed by atoms with Crippen LogP contribution in [0.2, 0.25) is 0 Å². The van der Waals surface area contributed by atoms with E-state index in [2.05, 4.69) is 10.0 Å². The van der Waals surface area contributed by atoms with Crippen molar-refractivity contribution in [2.45, 2.75) is 25.2 Å². The lowest BCUT2D eigenvalue weighted by Crippen LogP contribution is -2.27. The molecule has 140 valence electrons. The summed E-state index contributed by atoms with van der Waals surface area (Å²) < 4.78 is 31.9. The maximum absolute atomic E-state index is 12.5. The second-order valence-electron chi connectivity index (χ2n) is 5.94. The van der Waals surface area contributed by atoms with Crippen LogP contribution in [0.4, 0.5) is 0 Å².